The normalized spacial score (nSPS) is 21.5. The molecule has 0 aliphatic carbocycles. The van der Waals surface area contributed by atoms with E-state index in [0.29, 0.717) is 23.9 Å². The lowest BCUT2D eigenvalue weighted by Crippen LogP contribution is -2.54. The molecule has 1 aromatic carbocycles. The summed E-state index contributed by atoms with van der Waals surface area (Å²) < 4.78 is 15.3. The highest BCUT2D eigenvalue weighted by atomic mass is 32.2. The number of nitrogens with zero attached hydrogens (tertiary/aromatic N) is 5. The van der Waals surface area contributed by atoms with Crippen LogP contribution in [0.15, 0.2) is 24.3 Å². The number of hydrogen-bond donors (Lipinski definition) is 0. The van der Waals surface area contributed by atoms with E-state index in [1.54, 1.807) is 27.4 Å². The standard InChI is InChI=1S/C16H20FN5OS/c1-11(2)22-15(18-19-20-22)16(3)10-24-9-14(23)21(16)8-12-5-4-6-13(17)7-12/h4-7,11H,8-10H2,1-3H3. The fourth-order valence-corrected chi connectivity index (χ4v) is 4.04. The Morgan fingerprint density at radius 2 is 2.21 bits per heavy atom. The van der Waals surface area contributed by atoms with Crippen molar-refractivity contribution in [1.82, 2.24) is 25.1 Å². The van der Waals surface area contributed by atoms with E-state index >= 15 is 0 Å². The number of halogens is 1. The molecule has 6 nitrogen and oxygen atoms in total. The second-order valence-corrected chi connectivity index (χ2v) is 7.40. The van der Waals surface area contributed by atoms with Gasteiger partial charge in [0.05, 0.1) is 11.8 Å². The van der Waals surface area contributed by atoms with Crippen LogP contribution >= 0.6 is 11.8 Å². The van der Waals surface area contributed by atoms with Crippen molar-refractivity contribution in [3.63, 3.8) is 0 Å². The first kappa shape index (κ1) is 16.9. The van der Waals surface area contributed by atoms with Gasteiger partial charge in [-0.2, -0.15) is 0 Å². The lowest BCUT2D eigenvalue weighted by atomic mass is 9.99. The highest BCUT2D eigenvalue weighted by Crippen LogP contribution is 2.36. The SMILES string of the molecule is CC(C)n1nnnc1C1(C)CSCC(=O)N1Cc1cccc(F)c1. The molecule has 1 fully saturated rings. The number of carbonyl (C=O) groups excluding carboxylic acids is 1. The van der Waals surface area contributed by atoms with Crippen LogP contribution in [0.5, 0.6) is 0 Å². The Hall–Kier alpha value is -1.96. The number of benzene rings is 1. The van der Waals surface area contributed by atoms with Gasteiger partial charge in [0.1, 0.15) is 11.4 Å². The summed E-state index contributed by atoms with van der Waals surface area (Å²) in [5.74, 6) is 1.47. The van der Waals surface area contributed by atoms with Crippen LogP contribution in [0.25, 0.3) is 0 Å². The van der Waals surface area contributed by atoms with E-state index in [4.69, 9.17) is 0 Å². The van der Waals surface area contributed by atoms with Crippen molar-refractivity contribution in [1.29, 1.82) is 0 Å². The molecule has 1 amide bonds. The molecule has 24 heavy (non-hydrogen) atoms. The van der Waals surface area contributed by atoms with Crippen LogP contribution in [0.3, 0.4) is 0 Å². The maximum atomic E-state index is 13.5. The van der Waals surface area contributed by atoms with Crippen LogP contribution < -0.4 is 0 Å². The van der Waals surface area contributed by atoms with Crippen molar-refractivity contribution in [3.05, 3.63) is 41.5 Å². The molecule has 2 aromatic rings. The number of hydrogen-bond acceptors (Lipinski definition) is 5. The summed E-state index contributed by atoms with van der Waals surface area (Å²) in [5.41, 5.74) is 0.116. The van der Waals surface area contributed by atoms with Crippen molar-refractivity contribution in [3.8, 4) is 0 Å². The van der Waals surface area contributed by atoms with Gasteiger partial charge in [-0.05, 0) is 48.9 Å². The minimum absolute atomic E-state index is 0.0105. The molecule has 3 rings (SSSR count). The third-order valence-electron chi connectivity index (χ3n) is 4.20. The number of tetrazole rings is 1. The van der Waals surface area contributed by atoms with Gasteiger partial charge >= 0.3 is 0 Å². The Morgan fingerprint density at radius 3 is 2.92 bits per heavy atom. The number of aromatic nitrogens is 4. The second kappa shape index (κ2) is 6.51. The van der Waals surface area contributed by atoms with E-state index in [0.717, 1.165) is 5.56 Å². The zero-order valence-electron chi connectivity index (χ0n) is 13.9. The molecule has 1 unspecified atom stereocenters. The lowest BCUT2D eigenvalue weighted by molar-refractivity contribution is -0.135. The van der Waals surface area contributed by atoms with Crippen LogP contribution in [0, 0.1) is 5.82 Å². The summed E-state index contributed by atoms with van der Waals surface area (Å²) in [4.78, 5) is 14.4. The zero-order chi connectivity index (χ0) is 17.3. The quantitative estimate of drug-likeness (QED) is 0.848. The molecule has 1 aliphatic rings. The maximum Gasteiger partial charge on any atom is 0.233 e. The molecule has 128 valence electrons. The minimum atomic E-state index is -0.639. The average Bonchev–Trinajstić information content (AvgIpc) is 3.02. The van der Waals surface area contributed by atoms with Gasteiger partial charge in [-0.25, -0.2) is 9.07 Å². The molecular formula is C16H20FN5OS. The third-order valence-corrected chi connectivity index (χ3v) is 5.42. The fourth-order valence-electron chi connectivity index (χ4n) is 2.93. The molecule has 2 heterocycles. The molecule has 8 heteroatoms. The summed E-state index contributed by atoms with van der Waals surface area (Å²) in [7, 11) is 0. The van der Waals surface area contributed by atoms with E-state index in [1.165, 1.54) is 12.1 Å². The predicted molar refractivity (Wildman–Crippen MR) is 89.8 cm³/mol. The topological polar surface area (TPSA) is 63.9 Å². The molecule has 0 bridgehead atoms. The Kier molecular flexibility index (Phi) is 4.58. The molecule has 0 radical (unpaired) electrons. The van der Waals surface area contributed by atoms with E-state index < -0.39 is 5.54 Å². The summed E-state index contributed by atoms with van der Waals surface area (Å²) in [6, 6.07) is 6.43. The van der Waals surface area contributed by atoms with E-state index in [1.807, 2.05) is 26.8 Å². The van der Waals surface area contributed by atoms with Crippen LogP contribution in [0.1, 0.15) is 38.2 Å². The monoisotopic (exact) mass is 349 g/mol. The van der Waals surface area contributed by atoms with Crippen LogP contribution in [-0.4, -0.2) is 42.5 Å². The third kappa shape index (κ3) is 3.02. The van der Waals surface area contributed by atoms with Crippen molar-refractivity contribution in [2.45, 2.75) is 38.9 Å². The summed E-state index contributed by atoms with van der Waals surface area (Å²) in [5, 5.41) is 12.1. The molecule has 0 spiro atoms. The lowest BCUT2D eigenvalue weighted by Gasteiger charge is -2.43. The maximum absolute atomic E-state index is 13.5. The van der Waals surface area contributed by atoms with Crippen molar-refractivity contribution >= 4 is 17.7 Å². The first-order valence-electron chi connectivity index (χ1n) is 7.83. The van der Waals surface area contributed by atoms with Gasteiger partial charge in [0, 0.05) is 12.3 Å². The average molecular weight is 349 g/mol. The van der Waals surface area contributed by atoms with E-state index in [2.05, 4.69) is 15.5 Å². The van der Waals surface area contributed by atoms with Gasteiger partial charge in [0.15, 0.2) is 5.82 Å². The van der Waals surface area contributed by atoms with E-state index in [-0.39, 0.29) is 17.8 Å². The predicted octanol–water partition coefficient (Wildman–Crippen LogP) is 2.38. The Labute approximate surface area is 144 Å². The van der Waals surface area contributed by atoms with Gasteiger partial charge in [-0.1, -0.05) is 12.1 Å². The molecule has 1 aliphatic heterocycles. The van der Waals surface area contributed by atoms with Crippen LogP contribution in [0.4, 0.5) is 4.39 Å². The minimum Gasteiger partial charge on any atom is -0.324 e. The first-order valence-corrected chi connectivity index (χ1v) is 8.98. The molecular weight excluding hydrogens is 329 g/mol. The largest absolute Gasteiger partial charge is 0.324 e. The van der Waals surface area contributed by atoms with E-state index in [9.17, 15) is 9.18 Å². The number of carbonyl (C=O) groups is 1. The Balaban J connectivity index is 2.00. The molecule has 1 atom stereocenters. The summed E-state index contributed by atoms with van der Waals surface area (Å²) in [6.45, 7) is 6.30. The molecule has 1 aromatic heterocycles. The van der Waals surface area contributed by atoms with Crippen LogP contribution in [0.2, 0.25) is 0 Å². The van der Waals surface area contributed by atoms with Crippen molar-refractivity contribution in [2.24, 2.45) is 0 Å². The summed E-state index contributed by atoms with van der Waals surface area (Å²) in [6.07, 6.45) is 0. The molecule has 1 saturated heterocycles. The zero-order valence-corrected chi connectivity index (χ0v) is 14.8. The Morgan fingerprint density at radius 1 is 1.42 bits per heavy atom. The van der Waals surface area contributed by atoms with Crippen LogP contribution in [-0.2, 0) is 16.9 Å². The van der Waals surface area contributed by atoms with Gasteiger partial charge in [-0.15, -0.1) is 16.9 Å². The number of amides is 1. The highest BCUT2D eigenvalue weighted by molar-refractivity contribution is 8.00. The smallest absolute Gasteiger partial charge is 0.233 e. The second-order valence-electron chi connectivity index (χ2n) is 6.42. The Bertz CT molecular complexity index is 750. The van der Waals surface area contributed by atoms with Gasteiger partial charge < -0.3 is 4.90 Å². The number of thioether (sulfide) groups is 1. The first-order chi connectivity index (χ1) is 11.4. The molecule has 0 saturated carbocycles. The van der Waals surface area contributed by atoms with Gasteiger partial charge in [0.2, 0.25) is 5.91 Å². The fraction of sp³-hybridized carbons (Fsp3) is 0.500. The van der Waals surface area contributed by atoms with Crippen molar-refractivity contribution < 1.29 is 9.18 Å². The van der Waals surface area contributed by atoms with Gasteiger partial charge in [-0.3, -0.25) is 4.79 Å². The molecule has 0 N–H and O–H groups in total. The summed E-state index contributed by atoms with van der Waals surface area (Å²) >= 11 is 1.57. The highest BCUT2D eigenvalue weighted by Gasteiger charge is 2.44. The van der Waals surface area contributed by atoms with Crippen molar-refractivity contribution in [2.75, 3.05) is 11.5 Å². The van der Waals surface area contributed by atoms with Gasteiger partial charge in [0.25, 0.3) is 0 Å². The number of rotatable bonds is 4.